The monoisotopic (exact) mass is 326 g/mol. The molecular weight excluding hydrogens is 300 g/mol. The highest BCUT2D eigenvalue weighted by Gasteiger charge is 2.24. The van der Waals surface area contributed by atoms with E-state index in [0.717, 1.165) is 32.4 Å². The van der Waals surface area contributed by atoms with Crippen molar-refractivity contribution in [1.29, 1.82) is 0 Å². The number of unbranched alkanes of at least 4 members (excludes halogenated alkanes) is 2. The first-order chi connectivity index (χ1) is 8.94. The number of piperidine rings is 1. The van der Waals surface area contributed by atoms with Crippen molar-refractivity contribution in [2.45, 2.75) is 45.6 Å². The molecule has 7 heteroatoms. The molecule has 1 fully saturated rings. The topological polar surface area (TPSA) is 75.3 Å². The number of sulfone groups is 1. The van der Waals surface area contributed by atoms with Crippen molar-refractivity contribution in [3.05, 3.63) is 0 Å². The molecule has 0 aliphatic carbocycles. The van der Waals surface area contributed by atoms with Gasteiger partial charge in [0.2, 0.25) is 5.91 Å². The molecular formula is C13H27ClN2O3S. The molecule has 1 aliphatic heterocycles. The lowest BCUT2D eigenvalue weighted by molar-refractivity contribution is -0.119. The van der Waals surface area contributed by atoms with Gasteiger partial charge in [0.05, 0.1) is 5.75 Å². The Balaban J connectivity index is 0.00000361. The first-order valence-electron chi connectivity index (χ1n) is 7.15. The van der Waals surface area contributed by atoms with E-state index in [4.69, 9.17) is 0 Å². The molecule has 1 saturated heterocycles. The Morgan fingerprint density at radius 2 is 2.05 bits per heavy atom. The van der Waals surface area contributed by atoms with Gasteiger partial charge >= 0.3 is 0 Å². The van der Waals surface area contributed by atoms with Crippen LogP contribution < -0.4 is 10.6 Å². The second-order valence-electron chi connectivity index (χ2n) is 5.44. The Bertz CT molecular complexity index is 387. The lowest BCUT2D eigenvalue weighted by atomic mass is 9.95. The Labute approximate surface area is 128 Å². The molecule has 0 saturated carbocycles. The van der Waals surface area contributed by atoms with Crippen LogP contribution in [0.2, 0.25) is 0 Å². The third-order valence-corrected chi connectivity index (χ3v) is 5.15. The van der Waals surface area contributed by atoms with Crippen molar-refractivity contribution < 1.29 is 13.2 Å². The summed E-state index contributed by atoms with van der Waals surface area (Å²) in [6.07, 6.45) is 3.39. The zero-order chi connectivity index (χ0) is 14.3. The van der Waals surface area contributed by atoms with Crippen molar-refractivity contribution in [2.75, 3.05) is 24.6 Å². The molecule has 5 nitrogen and oxygen atoms in total. The maximum absolute atomic E-state index is 11.8. The van der Waals surface area contributed by atoms with Crippen LogP contribution >= 0.6 is 12.4 Å². The van der Waals surface area contributed by atoms with E-state index < -0.39 is 9.84 Å². The van der Waals surface area contributed by atoms with Crippen LogP contribution in [-0.2, 0) is 14.6 Å². The molecule has 20 heavy (non-hydrogen) atoms. The van der Waals surface area contributed by atoms with Gasteiger partial charge in [0.15, 0.2) is 9.84 Å². The number of amides is 1. The molecule has 0 spiro atoms. The lowest BCUT2D eigenvalue weighted by Crippen LogP contribution is -2.49. The molecule has 1 rings (SSSR count). The van der Waals surface area contributed by atoms with E-state index in [1.165, 1.54) is 0 Å². The minimum atomic E-state index is -3.25. The van der Waals surface area contributed by atoms with E-state index in [0.29, 0.717) is 12.3 Å². The van der Waals surface area contributed by atoms with Gasteiger partial charge in [-0.2, -0.15) is 0 Å². The van der Waals surface area contributed by atoms with E-state index in [1.54, 1.807) is 0 Å². The van der Waals surface area contributed by atoms with E-state index in [2.05, 4.69) is 17.6 Å². The zero-order valence-electron chi connectivity index (χ0n) is 12.4. The van der Waals surface area contributed by atoms with Crippen LogP contribution in [0.3, 0.4) is 0 Å². The van der Waals surface area contributed by atoms with Gasteiger partial charge in [0.1, 0.15) is 5.75 Å². The number of nitrogens with one attached hydrogen (secondary N) is 2. The molecule has 2 N–H and O–H groups in total. The first-order valence-corrected chi connectivity index (χ1v) is 8.97. The fraction of sp³-hybridized carbons (Fsp3) is 0.923. The highest BCUT2D eigenvalue weighted by Crippen LogP contribution is 2.10. The van der Waals surface area contributed by atoms with Gasteiger partial charge in [0.25, 0.3) is 0 Å². The van der Waals surface area contributed by atoms with Gasteiger partial charge in [-0.05, 0) is 31.8 Å². The number of carbonyl (C=O) groups is 1. The molecule has 0 bridgehead atoms. The third-order valence-electron chi connectivity index (χ3n) is 3.54. The average Bonchev–Trinajstić information content (AvgIpc) is 2.31. The Kier molecular flexibility index (Phi) is 9.42. The van der Waals surface area contributed by atoms with Crippen LogP contribution in [-0.4, -0.2) is 45.0 Å². The van der Waals surface area contributed by atoms with Crippen LogP contribution in [0.1, 0.15) is 39.5 Å². The highest BCUT2D eigenvalue weighted by atomic mass is 35.5. The predicted molar refractivity (Wildman–Crippen MR) is 84.0 cm³/mol. The largest absolute Gasteiger partial charge is 0.352 e. The minimum absolute atomic E-state index is 0. The van der Waals surface area contributed by atoms with Crippen LogP contribution in [0.4, 0.5) is 0 Å². The maximum Gasteiger partial charge on any atom is 0.235 e. The van der Waals surface area contributed by atoms with E-state index >= 15 is 0 Å². The van der Waals surface area contributed by atoms with Crippen molar-refractivity contribution in [1.82, 2.24) is 10.6 Å². The lowest BCUT2D eigenvalue weighted by Gasteiger charge is -2.30. The summed E-state index contributed by atoms with van der Waals surface area (Å²) >= 11 is 0. The van der Waals surface area contributed by atoms with Gasteiger partial charge in [-0.1, -0.05) is 26.7 Å². The van der Waals surface area contributed by atoms with Crippen molar-refractivity contribution in [2.24, 2.45) is 5.92 Å². The van der Waals surface area contributed by atoms with Crippen LogP contribution in [0.5, 0.6) is 0 Å². The predicted octanol–water partition coefficient (Wildman–Crippen LogP) is 1.13. The van der Waals surface area contributed by atoms with E-state index in [9.17, 15) is 13.2 Å². The first kappa shape index (κ1) is 19.7. The number of hydrogen-bond donors (Lipinski definition) is 2. The van der Waals surface area contributed by atoms with Gasteiger partial charge in [-0.3, -0.25) is 4.79 Å². The molecule has 120 valence electrons. The maximum atomic E-state index is 11.8. The van der Waals surface area contributed by atoms with Gasteiger partial charge < -0.3 is 10.6 Å². The normalized spacial score (nSPS) is 22.9. The average molecular weight is 327 g/mol. The second-order valence-corrected chi connectivity index (χ2v) is 7.63. The molecule has 0 aromatic carbocycles. The summed E-state index contributed by atoms with van der Waals surface area (Å²) in [6, 6.07) is 0.0968. The van der Waals surface area contributed by atoms with E-state index in [1.807, 2.05) is 6.92 Å². The fourth-order valence-corrected chi connectivity index (χ4v) is 3.59. The standard InChI is InChI=1S/C13H26N2O3S.ClH/c1-3-4-5-8-19(17,18)10-13(16)15-12-6-7-14-9-11(12)2;/h11-12,14H,3-10H2,1-2H3,(H,15,16);1H. The van der Waals surface area contributed by atoms with Crippen molar-refractivity contribution >= 4 is 28.2 Å². The molecule has 0 radical (unpaired) electrons. The number of halogens is 1. The smallest absolute Gasteiger partial charge is 0.235 e. The molecule has 0 aromatic rings. The molecule has 2 atom stereocenters. The van der Waals surface area contributed by atoms with Gasteiger partial charge in [-0.25, -0.2) is 8.42 Å². The Hall–Kier alpha value is -0.330. The summed E-state index contributed by atoms with van der Waals surface area (Å²) in [6.45, 7) is 5.83. The number of hydrogen-bond acceptors (Lipinski definition) is 4. The molecule has 0 aromatic heterocycles. The highest BCUT2D eigenvalue weighted by molar-refractivity contribution is 7.92. The SMILES string of the molecule is CCCCCS(=O)(=O)CC(=O)NC1CCNCC1C.Cl. The minimum Gasteiger partial charge on any atom is -0.352 e. The number of rotatable bonds is 7. The molecule has 1 amide bonds. The Morgan fingerprint density at radius 3 is 2.65 bits per heavy atom. The molecule has 2 unspecified atom stereocenters. The van der Waals surface area contributed by atoms with Crippen LogP contribution in [0.25, 0.3) is 0 Å². The molecule has 1 aliphatic rings. The summed E-state index contributed by atoms with van der Waals surface area (Å²) in [7, 11) is -3.25. The van der Waals surface area contributed by atoms with Gasteiger partial charge in [0, 0.05) is 6.04 Å². The zero-order valence-corrected chi connectivity index (χ0v) is 14.0. The van der Waals surface area contributed by atoms with Crippen molar-refractivity contribution in [3.63, 3.8) is 0 Å². The number of carbonyl (C=O) groups excluding carboxylic acids is 1. The van der Waals surface area contributed by atoms with Crippen molar-refractivity contribution in [3.8, 4) is 0 Å². The summed E-state index contributed by atoms with van der Waals surface area (Å²) in [5.41, 5.74) is 0. The fourth-order valence-electron chi connectivity index (χ4n) is 2.32. The van der Waals surface area contributed by atoms with E-state index in [-0.39, 0.29) is 35.9 Å². The van der Waals surface area contributed by atoms with Crippen LogP contribution in [0, 0.1) is 5.92 Å². The summed E-state index contributed by atoms with van der Waals surface area (Å²) < 4.78 is 23.5. The summed E-state index contributed by atoms with van der Waals surface area (Å²) in [5.74, 6) is -0.251. The molecule has 1 heterocycles. The summed E-state index contributed by atoms with van der Waals surface area (Å²) in [5, 5.41) is 6.11. The quantitative estimate of drug-likeness (QED) is 0.688. The third kappa shape index (κ3) is 7.45. The Morgan fingerprint density at radius 1 is 1.35 bits per heavy atom. The second kappa shape index (κ2) is 9.58. The summed E-state index contributed by atoms with van der Waals surface area (Å²) in [4.78, 5) is 11.8. The van der Waals surface area contributed by atoms with Gasteiger partial charge in [-0.15, -0.1) is 12.4 Å². The van der Waals surface area contributed by atoms with Crippen LogP contribution in [0.15, 0.2) is 0 Å².